The van der Waals surface area contributed by atoms with Gasteiger partial charge < -0.3 is 13.9 Å². The molecule has 0 N–H and O–H groups in total. The van der Waals surface area contributed by atoms with Crippen molar-refractivity contribution in [2.24, 2.45) is 0 Å². The van der Waals surface area contributed by atoms with E-state index >= 15 is 0 Å². The number of carbonyl (C=O) groups excluding carboxylic acids is 2. The van der Waals surface area contributed by atoms with Crippen molar-refractivity contribution in [1.29, 1.82) is 0 Å². The zero-order chi connectivity index (χ0) is 18.1. The summed E-state index contributed by atoms with van der Waals surface area (Å²) in [5.41, 5.74) is 1.51. The first-order chi connectivity index (χ1) is 12.7. The maximum Gasteiger partial charge on any atom is 0.193 e. The number of ketones is 1. The van der Waals surface area contributed by atoms with Gasteiger partial charge in [-0.2, -0.15) is 0 Å². The van der Waals surface area contributed by atoms with Gasteiger partial charge in [-0.1, -0.05) is 15.9 Å². The highest BCUT2D eigenvalue weighted by molar-refractivity contribution is 9.10. The van der Waals surface area contributed by atoms with E-state index in [1.165, 1.54) is 0 Å². The molecule has 0 amide bonds. The fraction of sp³-hybridized carbons (Fsp3) is 0.100. The number of aldehydes is 1. The first kappa shape index (κ1) is 16.6. The van der Waals surface area contributed by atoms with Gasteiger partial charge in [-0.3, -0.25) is 9.59 Å². The minimum Gasteiger partial charge on any atom is -0.486 e. The molecule has 0 bridgehead atoms. The minimum absolute atomic E-state index is 0.173. The number of benzene rings is 2. The van der Waals surface area contributed by atoms with Gasteiger partial charge in [-0.05, 0) is 48.5 Å². The summed E-state index contributed by atoms with van der Waals surface area (Å²) in [5.74, 6) is 1.50. The van der Waals surface area contributed by atoms with Gasteiger partial charge in [0, 0.05) is 21.2 Å². The summed E-state index contributed by atoms with van der Waals surface area (Å²) >= 11 is 3.37. The molecule has 0 aliphatic carbocycles. The second kappa shape index (κ2) is 6.80. The molecule has 0 spiro atoms. The van der Waals surface area contributed by atoms with Crippen LogP contribution in [-0.2, 0) is 0 Å². The molecule has 0 unspecified atom stereocenters. The predicted molar refractivity (Wildman–Crippen MR) is 98.1 cm³/mol. The van der Waals surface area contributed by atoms with Crippen molar-refractivity contribution in [3.63, 3.8) is 0 Å². The maximum atomic E-state index is 13.1. The number of furan rings is 1. The van der Waals surface area contributed by atoms with E-state index in [2.05, 4.69) is 15.9 Å². The Balaban J connectivity index is 1.86. The Bertz CT molecular complexity index is 988. The monoisotopic (exact) mass is 412 g/mol. The number of rotatable bonds is 4. The molecule has 0 saturated carbocycles. The molecule has 130 valence electrons. The van der Waals surface area contributed by atoms with Crippen molar-refractivity contribution in [1.82, 2.24) is 0 Å². The third kappa shape index (κ3) is 3.04. The van der Waals surface area contributed by atoms with Gasteiger partial charge in [0.25, 0.3) is 0 Å². The van der Waals surface area contributed by atoms with E-state index in [-0.39, 0.29) is 11.5 Å². The van der Waals surface area contributed by atoms with Crippen LogP contribution in [0.15, 0.2) is 57.4 Å². The number of fused-ring (bicyclic) bond motifs is 1. The van der Waals surface area contributed by atoms with E-state index in [1.54, 1.807) is 36.4 Å². The highest BCUT2D eigenvalue weighted by atomic mass is 79.9. The van der Waals surface area contributed by atoms with E-state index in [0.29, 0.717) is 53.4 Å². The Morgan fingerprint density at radius 3 is 2.31 bits per heavy atom. The Labute approximate surface area is 157 Å². The molecule has 0 atom stereocenters. The molecule has 1 aliphatic rings. The summed E-state index contributed by atoms with van der Waals surface area (Å²) in [4.78, 5) is 24.0. The third-order valence-electron chi connectivity index (χ3n) is 4.04. The van der Waals surface area contributed by atoms with E-state index in [9.17, 15) is 9.59 Å². The van der Waals surface area contributed by atoms with Crippen molar-refractivity contribution in [2.45, 2.75) is 0 Å². The Morgan fingerprint density at radius 1 is 0.962 bits per heavy atom. The molecule has 0 radical (unpaired) electrons. The third-order valence-corrected chi connectivity index (χ3v) is 4.57. The van der Waals surface area contributed by atoms with Gasteiger partial charge in [0.05, 0.1) is 0 Å². The smallest absolute Gasteiger partial charge is 0.193 e. The SMILES string of the molecule is O=Cc1ccc(-c2cc3c(cc2C(=O)c2ccc(Br)cc2)OCCO3)o1. The summed E-state index contributed by atoms with van der Waals surface area (Å²) in [6.07, 6.45) is 0.623. The van der Waals surface area contributed by atoms with Gasteiger partial charge in [0.15, 0.2) is 29.3 Å². The minimum atomic E-state index is -0.173. The maximum absolute atomic E-state index is 13.1. The van der Waals surface area contributed by atoms with Gasteiger partial charge in [-0.15, -0.1) is 0 Å². The van der Waals surface area contributed by atoms with Crippen LogP contribution in [0.1, 0.15) is 26.5 Å². The molecular formula is C20H13BrO5. The Kier molecular flexibility index (Phi) is 4.34. The van der Waals surface area contributed by atoms with Crippen molar-refractivity contribution < 1.29 is 23.5 Å². The molecule has 2 aromatic carbocycles. The Hall–Kier alpha value is -2.86. The standard InChI is InChI=1S/C20H13BrO5/c21-13-3-1-12(2-4-13)20(23)16-10-19-18(24-7-8-25-19)9-15(16)17-6-5-14(11-22)26-17/h1-6,9-11H,7-8H2. The summed E-state index contributed by atoms with van der Waals surface area (Å²) in [7, 11) is 0. The number of hydrogen-bond acceptors (Lipinski definition) is 5. The number of halogens is 1. The molecule has 0 saturated heterocycles. The quantitative estimate of drug-likeness (QED) is 0.465. The fourth-order valence-electron chi connectivity index (χ4n) is 2.80. The second-order valence-corrected chi connectivity index (χ2v) is 6.61. The largest absolute Gasteiger partial charge is 0.486 e. The van der Waals surface area contributed by atoms with E-state index in [1.807, 2.05) is 12.1 Å². The predicted octanol–water partition coefficient (Wildman–Crippen LogP) is 4.52. The van der Waals surface area contributed by atoms with E-state index < -0.39 is 0 Å². The lowest BCUT2D eigenvalue weighted by Gasteiger charge is -2.20. The first-order valence-corrected chi connectivity index (χ1v) is 8.74. The van der Waals surface area contributed by atoms with Crippen LogP contribution in [-0.4, -0.2) is 25.3 Å². The van der Waals surface area contributed by atoms with Crippen LogP contribution in [0.4, 0.5) is 0 Å². The van der Waals surface area contributed by atoms with Crippen LogP contribution >= 0.6 is 15.9 Å². The van der Waals surface area contributed by atoms with Crippen molar-refractivity contribution >= 4 is 28.0 Å². The van der Waals surface area contributed by atoms with Crippen LogP contribution in [0.25, 0.3) is 11.3 Å². The summed E-state index contributed by atoms with van der Waals surface area (Å²) in [5, 5.41) is 0. The van der Waals surface area contributed by atoms with Gasteiger partial charge in [0.2, 0.25) is 0 Å². The normalized spacial score (nSPS) is 12.7. The molecule has 26 heavy (non-hydrogen) atoms. The van der Waals surface area contributed by atoms with E-state index in [0.717, 1.165) is 4.47 Å². The van der Waals surface area contributed by atoms with E-state index in [4.69, 9.17) is 13.9 Å². The van der Waals surface area contributed by atoms with Crippen molar-refractivity contribution in [3.8, 4) is 22.8 Å². The molecule has 1 aliphatic heterocycles. The lowest BCUT2D eigenvalue weighted by Crippen LogP contribution is -2.16. The molecule has 4 rings (SSSR count). The molecule has 3 aromatic rings. The van der Waals surface area contributed by atoms with Crippen LogP contribution in [0.5, 0.6) is 11.5 Å². The molecule has 1 aromatic heterocycles. The first-order valence-electron chi connectivity index (χ1n) is 7.95. The average Bonchev–Trinajstić information content (AvgIpc) is 3.16. The lowest BCUT2D eigenvalue weighted by atomic mass is 9.96. The Morgan fingerprint density at radius 2 is 1.65 bits per heavy atom. The molecule has 0 fully saturated rings. The summed E-state index contributed by atoms with van der Waals surface area (Å²) < 4.78 is 17.7. The number of carbonyl (C=O) groups is 2. The van der Waals surface area contributed by atoms with Crippen LogP contribution in [0.2, 0.25) is 0 Å². The zero-order valence-corrected chi connectivity index (χ0v) is 15.1. The van der Waals surface area contributed by atoms with Crippen molar-refractivity contribution in [2.75, 3.05) is 13.2 Å². The summed E-state index contributed by atoms with van der Waals surface area (Å²) in [6.45, 7) is 0.860. The highest BCUT2D eigenvalue weighted by Crippen LogP contribution is 2.39. The average molecular weight is 413 g/mol. The van der Waals surface area contributed by atoms with Gasteiger partial charge in [-0.25, -0.2) is 0 Å². The molecule has 5 nitrogen and oxygen atoms in total. The van der Waals surface area contributed by atoms with Gasteiger partial charge >= 0.3 is 0 Å². The second-order valence-electron chi connectivity index (χ2n) is 5.70. The van der Waals surface area contributed by atoms with Crippen molar-refractivity contribution in [3.05, 3.63) is 69.9 Å². The number of ether oxygens (including phenoxy) is 2. The zero-order valence-electron chi connectivity index (χ0n) is 13.5. The highest BCUT2D eigenvalue weighted by Gasteiger charge is 2.23. The molecular weight excluding hydrogens is 400 g/mol. The number of hydrogen-bond donors (Lipinski definition) is 0. The van der Waals surface area contributed by atoms with Crippen LogP contribution in [0, 0.1) is 0 Å². The van der Waals surface area contributed by atoms with Crippen LogP contribution in [0.3, 0.4) is 0 Å². The molecule has 2 heterocycles. The van der Waals surface area contributed by atoms with Gasteiger partial charge in [0.1, 0.15) is 19.0 Å². The van der Waals surface area contributed by atoms with Crippen LogP contribution < -0.4 is 9.47 Å². The fourth-order valence-corrected chi connectivity index (χ4v) is 3.06. The molecule has 6 heteroatoms. The topological polar surface area (TPSA) is 65.7 Å². The lowest BCUT2D eigenvalue weighted by molar-refractivity contribution is 0.103. The summed E-state index contributed by atoms with van der Waals surface area (Å²) in [6, 6.07) is 13.7.